The highest BCUT2D eigenvalue weighted by molar-refractivity contribution is 7.80. The van der Waals surface area contributed by atoms with Crippen molar-refractivity contribution < 1.29 is 13.3 Å². The van der Waals surface area contributed by atoms with Crippen LogP contribution in [0.5, 0.6) is 0 Å². The first-order valence-corrected chi connectivity index (χ1v) is 4.91. The zero-order valence-electron chi connectivity index (χ0n) is 7.10. The van der Waals surface area contributed by atoms with Gasteiger partial charge in [0.25, 0.3) is 5.69 Å². The van der Waals surface area contributed by atoms with Crippen molar-refractivity contribution in [2.75, 3.05) is 7.11 Å². The fourth-order valence-electron chi connectivity index (χ4n) is 0.832. The third-order valence-electron chi connectivity index (χ3n) is 1.46. The molecule has 1 aromatic carbocycles. The van der Waals surface area contributed by atoms with Gasteiger partial charge in [0, 0.05) is 6.07 Å². The van der Waals surface area contributed by atoms with E-state index in [9.17, 15) is 14.3 Å². The predicted octanol–water partition coefficient (Wildman–Crippen LogP) is 1.92. The summed E-state index contributed by atoms with van der Waals surface area (Å²) in [5, 5.41) is 10.5. The lowest BCUT2D eigenvalue weighted by molar-refractivity contribution is -0.384. The van der Waals surface area contributed by atoms with Gasteiger partial charge in [0.2, 0.25) is 0 Å². The number of nitro groups is 1. The lowest BCUT2D eigenvalue weighted by atomic mass is 10.3. The molecule has 1 aromatic rings. The molecule has 1 rings (SSSR count). The Bertz CT molecular complexity index is 395. The predicted molar refractivity (Wildman–Crippen MR) is 51.5 cm³/mol. The fraction of sp³-hybridized carbons (Fsp3) is 0.143. The lowest BCUT2D eigenvalue weighted by Gasteiger charge is -1.99. The molecule has 0 heterocycles. The van der Waals surface area contributed by atoms with Crippen molar-refractivity contribution in [1.29, 1.82) is 0 Å². The minimum Gasteiger partial charge on any atom is -0.290 e. The van der Waals surface area contributed by atoms with Crippen LogP contribution in [0.25, 0.3) is 0 Å². The van der Waals surface area contributed by atoms with Crippen molar-refractivity contribution in [1.82, 2.24) is 0 Å². The Hall–Kier alpha value is -0.980. The highest BCUT2D eigenvalue weighted by atomic mass is 35.5. The number of hydrogen-bond acceptors (Lipinski definition) is 4. The Morgan fingerprint density at radius 2 is 2.21 bits per heavy atom. The topological polar surface area (TPSA) is 69.4 Å². The fourth-order valence-corrected chi connectivity index (χ4v) is 1.60. The van der Waals surface area contributed by atoms with E-state index in [0.717, 1.165) is 6.07 Å². The van der Waals surface area contributed by atoms with Crippen LogP contribution < -0.4 is 0 Å². The number of rotatable bonds is 3. The maximum Gasteiger partial charge on any atom is 0.289 e. The Labute approximate surface area is 87.4 Å². The first-order chi connectivity index (χ1) is 6.56. The molecule has 0 bridgehead atoms. The van der Waals surface area contributed by atoms with Gasteiger partial charge in [-0.25, -0.2) is 4.21 Å². The first kappa shape index (κ1) is 11.1. The summed E-state index contributed by atoms with van der Waals surface area (Å²) >= 11 is 3.87. The molecule has 0 fully saturated rings. The third kappa shape index (κ3) is 2.28. The molecule has 0 saturated heterocycles. The Morgan fingerprint density at radius 1 is 1.57 bits per heavy atom. The van der Waals surface area contributed by atoms with Gasteiger partial charge in [-0.3, -0.25) is 14.3 Å². The van der Waals surface area contributed by atoms with Crippen LogP contribution in [0.15, 0.2) is 23.1 Å². The van der Waals surface area contributed by atoms with Crippen molar-refractivity contribution in [3.05, 3.63) is 33.3 Å². The number of nitrogens with zero attached hydrogens (tertiary/aromatic N) is 1. The monoisotopic (exact) mass is 235 g/mol. The molecule has 76 valence electrons. The second-order valence-electron chi connectivity index (χ2n) is 2.27. The van der Waals surface area contributed by atoms with E-state index in [1.807, 2.05) is 0 Å². The first-order valence-electron chi connectivity index (χ1n) is 3.46. The molecule has 14 heavy (non-hydrogen) atoms. The summed E-state index contributed by atoms with van der Waals surface area (Å²) in [5.74, 6) is 0. The van der Waals surface area contributed by atoms with E-state index in [0.29, 0.717) is 0 Å². The van der Waals surface area contributed by atoms with Gasteiger partial charge >= 0.3 is 0 Å². The van der Waals surface area contributed by atoms with E-state index >= 15 is 0 Å². The maximum absolute atomic E-state index is 11.1. The zero-order valence-corrected chi connectivity index (χ0v) is 8.67. The molecule has 0 aliphatic carbocycles. The summed E-state index contributed by atoms with van der Waals surface area (Å²) in [5.41, 5.74) is -0.283. The quantitative estimate of drug-likeness (QED) is 0.593. The summed E-state index contributed by atoms with van der Waals surface area (Å²) in [6.45, 7) is 0. The summed E-state index contributed by atoms with van der Waals surface area (Å²) in [4.78, 5) is 10.0. The standard InChI is InChI=1S/C7H6ClNO4S/c1-13-14(12)5-2-3-6(8)7(4-5)9(10)11/h2-4H,1H3. The largest absolute Gasteiger partial charge is 0.290 e. The van der Waals surface area contributed by atoms with Gasteiger partial charge in [0.1, 0.15) is 5.02 Å². The highest BCUT2D eigenvalue weighted by Gasteiger charge is 2.15. The van der Waals surface area contributed by atoms with Crippen molar-refractivity contribution in [3.63, 3.8) is 0 Å². The number of halogens is 1. The van der Waals surface area contributed by atoms with Crippen LogP contribution in [0.2, 0.25) is 5.02 Å². The van der Waals surface area contributed by atoms with Crippen molar-refractivity contribution in [2.24, 2.45) is 0 Å². The zero-order chi connectivity index (χ0) is 10.7. The van der Waals surface area contributed by atoms with Gasteiger partial charge in [-0.1, -0.05) is 11.6 Å². The van der Waals surface area contributed by atoms with Gasteiger partial charge in [-0.05, 0) is 12.1 Å². The minimum atomic E-state index is -1.69. The summed E-state index contributed by atoms with van der Waals surface area (Å²) in [7, 11) is 1.25. The molecule has 0 amide bonds. The lowest BCUT2D eigenvalue weighted by Crippen LogP contribution is -1.96. The molecule has 1 unspecified atom stereocenters. The summed E-state index contributed by atoms with van der Waals surface area (Å²) < 4.78 is 15.6. The van der Waals surface area contributed by atoms with E-state index in [-0.39, 0.29) is 15.6 Å². The van der Waals surface area contributed by atoms with Crippen LogP contribution in [0.1, 0.15) is 0 Å². The molecule has 1 atom stereocenters. The summed E-state index contributed by atoms with van der Waals surface area (Å²) in [6, 6.07) is 3.85. The van der Waals surface area contributed by atoms with E-state index in [4.69, 9.17) is 11.6 Å². The molecular formula is C7H6ClNO4S. The Morgan fingerprint density at radius 3 is 2.71 bits per heavy atom. The van der Waals surface area contributed by atoms with Gasteiger partial charge in [0.15, 0.2) is 11.1 Å². The second kappa shape index (κ2) is 4.50. The average molecular weight is 236 g/mol. The molecule has 0 aliphatic heterocycles. The minimum absolute atomic E-state index is 0.00635. The van der Waals surface area contributed by atoms with Crippen LogP contribution in [-0.4, -0.2) is 16.2 Å². The Kier molecular flexibility index (Phi) is 3.56. The van der Waals surface area contributed by atoms with Crippen molar-refractivity contribution >= 4 is 28.4 Å². The molecule has 0 aromatic heterocycles. The van der Waals surface area contributed by atoms with Crippen molar-refractivity contribution in [2.45, 2.75) is 4.90 Å². The molecule has 0 spiro atoms. The van der Waals surface area contributed by atoms with Gasteiger partial charge in [0.05, 0.1) is 16.9 Å². The average Bonchev–Trinajstić information content (AvgIpc) is 2.17. The molecule has 0 N–H and O–H groups in total. The van der Waals surface area contributed by atoms with Crippen LogP contribution in [0.3, 0.4) is 0 Å². The maximum atomic E-state index is 11.1. The molecule has 0 radical (unpaired) electrons. The van der Waals surface area contributed by atoms with Crippen LogP contribution in [0.4, 0.5) is 5.69 Å². The van der Waals surface area contributed by atoms with Gasteiger partial charge in [-0.2, -0.15) is 0 Å². The van der Waals surface area contributed by atoms with E-state index in [1.165, 1.54) is 19.2 Å². The van der Waals surface area contributed by atoms with Crippen molar-refractivity contribution in [3.8, 4) is 0 Å². The third-order valence-corrected chi connectivity index (χ3v) is 2.72. The molecule has 5 nitrogen and oxygen atoms in total. The molecule has 0 saturated carbocycles. The second-order valence-corrected chi connectivity index (χ2v) is 3.95. The molecule has 0 aliphatic rings. The van der Waals surface area contributed by atoms with Gasteiger partial charge < -0.3 is 0 Å². The number of nitro benzene ring substituents is 1. The number of hydrogen-bond donors (Lipinski definition) is 0. The summed E-state index contributed by atoms with van der Waals surface area (Å²) in [6.07, 6.45) is 0. The molecular weight excluding hydrogens is 230 g/mol. The smallest absolute Gasteiger partial charge is 0.289 e. The highest BCUT2D eigenvalue weighted by Crippen LogP contribution is 2.26. The molecule has 7 heteroatoms. The van der Waals surface area contributed by atoms with Crippen LogP contribution in [0, 0.1) is 10.1 Å². The Balaban J connectivity index is 3.19. The normalized spacial score (nSPS) is 12.4. The van der Waals surface area contributed by atoms with E-state index in [1.54, 1.807) is 0 Å². The van der Waals surface area contributed by atoms with Crippen LogP contribution >= 0.6 is 11.6 Å². The van der Waals surface area contributed by atoms with E-state index in [2.05, 4.69) is 4.18 Å². The van der Waals surface area contributed by atoms with E-state index < -0.39 is 16.0 Å². The number of benzene rings is 1. The van der Waals surface area contributed by atoms with Crippen LogP contribution in [-0.2, 0) is 15.3 Å². The van der Waals surface area contributed by atoms with Gasteiger partial charge in [-0.15, -0.1) is 0 Å². The SMILES string of the molecule is COS(=O)c1ccc(Cl)c([N+](=O)[O-])c1.